The summed E-state index contributed by atoms with van der Waals surface area (Å²) in [5, 5.41) is 2.67. The largest absolute Gasteiger partial charge is 0.324 e. The van der Waals surface area contributed by atoms with Gasteiger partial charge in [0.15, 0.2) is 0 Å². The molecule has 2 aliphatic carbocycles. The van der Waals surface area contributed by atoms with Gasteiger partial charge in [0.25, 0.3) is 0 Å². The molecule has 0 spiro atoms. The maximum Gasteiger partial charge on any atom is 0.244 e. The van der Waals surface area contributed by atoms with Crippen LogP contribution >= 0.6 is 0 Å². The van der Waals surface area contributed by atoms with Crippen LogP contribution in [0.2, 0.25) is 0 Å². The van der Waals surface area contributed by atoms with Crippen molar-refractivity contribution in [3.05, 3.63) is 24.3 Å². The van der Waals surface area contributed by atoms with Crippen molar-refractivity contribution in [3.8, 4) is 0 Å². The van der Waals surface area contributed by atoms with Gasteiger partial charge in [-0.25, -0.2) is 13.1 Å². The number of anilines is 1. The van der Waals surface area contributed by atoms with Crippen molar-refractivity contribution >= 4 is 21.6 Å². The predicted molar refractivity (Wildman–Crippen MR) is 74.6 cm³/mol. The SMILES string of the molecule is NC1(C(=O)Nc2cccc(S(=O)(=O)NC3CC3)c2)CC1. The Hall–Kier alpha value is -1.44. The van der Waals surface area contributed by atoms with Gasteiger partial charge in [-0.05, 0) is 43.9 Å². The highest BCUT2D eigenvalue weighted by molar-refractivity contribution is 7.89. The lowest BCUT2D eigenvalue weighted by molar-refractivity contribution is -0.118. The molecule has 0 aromatic heterocycles. The van der Waals surface area contributed by atoms with Crippen molar-refractivity contribution in [2.45, 2.75) is 42.2 Å². The number of hydrogen-bond donors (Lipinski definition) is 3. The number of amides is 1. The van der Waals surface area contributed by atoms with Gasteiger partial charge in [-0.1, -0.05) is 6.07 Å². The number of hydrogen-bond acceptors (Lipinski definition) is 4. The first-order valence-corrected chi connectivity index (χ1v) is 8.10. The minimum absolute atomic E-state index is 0.0528. The quantitative estimate of drug-likeness (QED) is 0.738. The molecule has 0 saturated heterocycles. The molecule has 2 aliphatic rings. The molecule has 6 nitrogen and oxygen atoms in total. The summed E-state index contributed by atoms with van der Waals surface area (Å²) in [6.07, 6.45) is 3.09. The lowest BCUT2D eigenvalue weighted by Crippen LogP contribution is -2.37. The van der Waals surface area contributed by atoms with Crippen molar-refractivity contribution in [2.75, 3.05) is 5.32 Å². The summed E-state index contributed by atoms with van der Waals surface area (Å²) >= 11 is 0. The molecule has 0 bridgehead atoms. The third-order valence-corrected chi connectivity index (χ3v) is 5.06. The van der Waals surface area contributed by atoms with Crippen LogP contribution in [0.4, 0.5) is 5.69 Å². The number of nitrogens with two attached hydrogens (primary N) is 1. The van der Waals surface area contributed by atoms with E-state index in [1.807, 2.05) is 0 Å². The van der Waals surface area contributed by atoms with Gasteiger partial charge >= 0.3 is 0 Å². The molecule has 0 aliphatic heterocycles. The molecule has 2 saturated carbocycles. The fourth-order valence-electron chi connectivity index (χ4n) is 1.85. The number of carbonyl (C=O) groups excluding carboxylic acids is 1. The zero-order valence-electron chi connectivity index (χ0n) is 10.9. The summed E-state index contributed by atoms with van der Waals surface area (Å²) in [4.78, 5) is 12.0. The fourth-order valence-corrected chi connectivity index (χ4v) is 3.20. The van der Waals surface area contributed by atoms with Crippen LogP contribution in [-0.2, 0) is 14.8 Å². The van der Waals surface area contributed by atoms with Gasteiger partial charge in [0, 0.05) is 11.7 Å². The van der Waals surface area contributed by atoms with Crippen LogP contribution in [0.1, 0.15) is 25.7 Å². The first kappa shape index (κ1) is 13.5. The number of nitrogens with one attached hydrogen (secondary N) is 2. The van der Waals surface area contributed by atoms with Crippen LogP contribution in [-0.4, -0.2) is 25.9 Å². The second kappa shape index (κ2) is 4.54. The van der Waals surface area contributed by atoms with Crippen LogP contribution in [0, 0.1) is 0 Å². The smallest absolute Gasteiger partial charge is 0.244 e. The van der Waals surface area contributed by atoms with E-state index >= 15 is 0 Å². The summed E-state index contributed by atoms with van der Waals surface area (Å²) in [7, 11) is -3.51. The van der Waals surface area contributed by atoms with E-state index in [0.29, 0.717) is 18.5 Å². The van der Waals surface area contributed by atoms with Gasteiger partial charge in [-0.2, -0.15) is 0 Å². The normalized spacial score (nSPS) is 20.4. The molecule has 108 valence electrons. The van der Waals surface area contributed by atoms with Crippen molar-refractivity contribution in [3.63, 3.8) is 0 Å². The molecule has 0 atom stereocenters. The number of benzene rings is 1. The highest BCUT2D eigenvalue weighted by atomic mass is 32.2. The van der Waals surface area contributed by atoms with Gasteiger partial charge in [-0.3, -0.25) is 4.79 Å². The summed E-state index contributed by atoms with van der Waals surface area (Å²) in [6.45, 7) is 0. The number of rotatable bonds is 5. The van der Waals surface area contributed by atoms with Crippen molar-refractivity contribution in [1.82, 2.24) is 4.72 Å². The minimum Gasteiger partial charge on any atom is -0.324 e. The van der Waals surface area contributed by atoms with Crippen molar-refractivity contribution in [1.29, 1.82) is 0 Å². The zero-order chi connectivity index (χ0) is 14.4. The van der Waals surface area contributed by atoms with Crippen LogP contribution in [0.3, 0.4) is 0 Å². The van der Waals surface area contributed by atoms with Gasteiger partial charge < -0.3 is 11.1 Å². The van der Waals surface area contributed by atoms with E-state index in [1.54, 1.807) is 12.1 Å². The molecule has 7 heteroatoms. The van der Waals surface area contributed by atoms with E-state index in [9.17, 15) is 13.2 Å². The first-order valence-electron chi connectivity index (χ1n) is 6.62. The van der Waals surface area contributed by atoms with E-state index in [0.717, 1.165) is 12.8 Å². The third-order valence-electron chi connectivity index (χ3n) is 3.54. The Morgan fingerprint density at radius 1 is 1.30 bits per heavy atom. The maximum atomic E-state index is 12.1. The molecule has 4 N–H and O–H groups in total. The molecule has 0 heterocycles. The second-order valence-electron chi connectivity index (χ2n) is 5.53. The lowest BCUT2D eigenvalue weighted by Gasteiger charge is -2.11. The van der Waals surface area contributed by atoms with Gasteiger partial charge in [-0.15, -0.1) is 0 Å². The summed E-state index contributed by atoms with van der Waals surface area (Å²) in [5.74, 6) is -0.262. The third kappa shape index (κ3) is 2.84. The molecule has 1 amide bonds. The van der Waals surface area contributed by atoms with E-state index in [-0.39, 0.29) is 16.8 Å². The lowest BCUT2D eigenvalue weighted by atomic mass is 10.2. The summed E-state index contributed by atoms with van der Waals surface area (Å²) in [5.41, 5.74) is 5.47. The maximum absolute atomic E-state index is 12.1. The first-order chi connectivity index (χ1) is 9.39. The molecular weight excluding hydrogens is 278 g/mol. The van der Waals surface area contributed by atoms with Crippen LogP contribution in [0.5, 0.6) is 0 Å². The highest BCUT2D eigenvalue weighted by Crippen LogP contribution is 2.33. The van der Waals surface area contributed by atoms with Crippen LogP contribution in [0.25, 0.3) is 0 Å². The minimum atomic E-state index is -3.51. The van der Waals surface area contributed by atoms with Crippen molar-refractivity contribution in [2.24, 2.45) is 5.73 Å². The van der Waals surface area contributed by atoms with Gasteiger partial charge in [0.05, 0.1) is 10.4 Å². The average molecular weight is 295 g/mol. The number of sulfonamides is 1. The Morgan fingerprint density at radius 3 is 2.60 bits per heavy atom. The van der Waals surface area contributed by atoms with Crippen LogP contribution < -0.4 is 15.8 Å². The van der Waals surface area contributed by atoms with Gasteiger partial charge in [0.2, 0.25) is 15.9 Å². The van der Waals surface area contributed by atoms with E-state index in [1.165, 1.54) is 12.1 Å². The van der Waals surface area contributed by atoms with Gasteiger partial charge in [0.1, 0.15) is 0 Å². The second-order valence-corrected chi connectivity index (χ2v) is 7.25. The summed E-state index contributed by atoms with van der Waals surface area (Å²) in [6, 6.07) is 6.27. The Kier molecular flexibility index (Phi) is 3.07. The molecular formula is C13H17N3O3S. The predicted octanol–water partition coefficient (Wildman–Crippen LogP) is 0.557. The molecule has 0 radical (unpaired) electrons. The Balaban J connectivity index is 1.76. The topological polar surface area (TPSA) is 101 Å². The highest BCUT2D eigenvalue weighted by Gasteiger charge is 2.46. The molecule has 1 aromatic carbocycles. The average Bonchev–Trinajstić information content (AvgIpc) is 3.29. The zero-order valence-corrected chi connectivity index (χ0v) is 11.7. The molecule has 20 heavy (non-hydrogen) atoms. The fraction of sp³-hybridized carbons (Fsp3) is 0.462. The van der Waals surface area contributed by atoms with E-state index in [2.05, 4.69) is 10.0 Å². The monoisotopic (exact) mass is 295 g/mol. The Morgan fingerprint density at radius 2 is 2.00 bits per heavy atom. The molecule has 1 aromatic rings. The standard InChI is InChI=1S/C13H17N3O3S/c14-13(6-7-13)12(17)15-10-2-1-3-11(8-10)20(18,19)16-9-4-5-9/h1-3,8-9,16H,4-7,14H2,(H,15,17). The molecule has 3 rings (SSSR count). The van der Waals surface area contributed by atoms with E-state index in [4.69, 9.17) is 5.73 Å². The van der Waals surface area contributed by atoms with E-state index < -0.39 is 15.6 Å². The van der Waals surface area contributed by atoms with Crippen LogP contribution in [0.15, 0.2) is 29.2 Å². The Labute approximate surface area is 117 Å². The van der Waals surface area contributed by atoms with Crippen molar-refractivity contribution < 1.29 is 13.2 Å². The summed E-state index contributed by atoms with van der Waals surface area (Å²) < 4.78 is 26.8. The number of carbonyl (C=O) groups is 1. The molecule has 2 fully saturated rings. The molecule has 0 unspecified atom stereocenters. The Bertz CT molecular complexity index is 649.